The second-order valence-electron chi connectivity index (χ2n) is 10.4. The number of hydrogen-bond acceptors (Lipinski definition) is 6. The summed E-state index contributed by atoms with van der Waals surface area (Å²) in [5.41, 5.74) is 2.13. The summed E-state index contributed by atoms with van der Waals surface area (Å²) in [7, 11) is -2.33. The van der Waals surface area contributed by atoms with Gasteiger partial charge in [0.25, 0.3) is 11.8 Å². The van der Waals surface area contributed by atoms with Crippen molar-refractivity contribution in [1.29, 1.82) is 0 Å². The van der Waals surface area contributed by atoms with E-state index in [2.05, 4.69) is 16.0 Å². The van der Waals surface area contributed by atoms with Crippen LogP contribution in [0, 0.1) is 0 Å². The van der Waals surface area contributed by atoms with Crippen molar-refractivity contribution in [3.63, 3.8) is 0 Å². The molecule has 1 aliphatic rings. The number of nitrogens with one attached hydrogen (secondary N) is 3. The zero-order chi connectivity index (χ0) is 29.6. The molecule has 0 saturated carbocycles. The Labute approximate surface area is 241 Å². The zero-order valence-electron chi connectivity index (χ0n) is 23.5. The fourth-order valence-electron chi connectivity index (χ4n) is 4.84. The molecule has 2 amide bonds. The lowest BCUT2D eigenvalue weighted by molar-refractivity contribution is -0.122. The summed E-state index contributed by atoms with van der Waals surface area (Å²) in [5, 5.41) is 8.98. The third-order valence-corrected chi connectivity index (χ3v) is 8.49. The van der Waals surface area contributed by atoms with E-state index in [4.69, 9.17) is 0 Å². The van der Waals surface area contributed by atoms with Gasteiger partial charge >= 0.3 is 0 Å². The third kappa shape index (κ3) is 7.80. The second kappa shape index (κ2) is 13.1. The van der Waals surface area contributed by atoms with Gasteiger partial charge in [0.15, 0.2) is 5.78 Å². The molecule has 4 rings (SSSR count). The van der Waals surface area contributed by atoms with Gasteiger partial charge in [-0.1, -0.05) is 60.7 Å². The smallest absolute Gasteiger partial charge is 0.251 e. The van der Waals surface area contributed by atoms with Gasteiger partial charge in [-0.2, -0.15) is 0 Å². The van der Waals surface area contributed by atoms with Gasteiger partial charge in [0.2, 0.25) is 10.0 Å². The van der Waals surface area contributed by atoms with E-state index < -0.39 is 27.9 Å². The molecule has 0 aromatic heterocycles. The molecule has 1 unspecified atom stereocenters. The number of sulfonamides is 1. The SMILES string of the molecule is C[C@@H](NC(=O)c1cc(C(=O)N[C@@H](Cc2ccccc2)C(=O)C2CCCN2)cc(N(C)S(C)(=O)=O)c1)c1ccccc1. The van der Waals surface area contributed by atoms with E-state index in [1.807, 2.05) is 67.6 Å². The van der Waals surface area contributed by atoms with Crippen LogP contribution in [0.1, 0.15) is 57.7 Å². The number of hydrogen-bond donors (Lipinski definition) is 3. The van der Waals surface area contributed by atoms with Crippen LogP contribution < -0.4 is 20.3 Å². The molecular weight excluding hydrogens is 540 g/mol. The van der Waals surface area contributed by atoms with Crippen LogP contribution in [0.25, 0.3) is 0 Å². The molecule has 41 heavy (non-hydrogen) atoms. The Hall–Kier alpha value is -4.02. The second-order valence-corrected chi connectivity index (χ2v) is 12.4. The van der Waals surface area contributed by atoms with Gasteiger partial charge in [0.1, 0.15) is 0 Å². The third-order valence-electron chi connectivity index (χ3n) is 7.29. The molecule has 3 aromatic carbocycles. The molecule has 0 bridgehead atoms. The summed E-state index contributed by atoms with van der Waals surface area (Å²) >= 11 is 0. The summed E-state index contributed by atoms with van der Waals surface area (Å²) in [5.74, 6) is -1.16. The number of rotatable bonds is 11. The number of benzene rings is 3. The number of amides is 2. The Morgan fingerprint density at radius 2 is 1.51 bits per heavy atom. The highest BCUT2D eigenvalue weighted by molar-refractivity contribution is 7.92. The molecule has 1 saturated heterocycles. The molecule has 3 atom stereocenters. The topological polar surface area (TPSA) is 125 Å². The lowest BCUT2D eigenvalue weighted by Crippen LogP contribution is -2.49. The first kappa shape index (κ1) is 30.0. The summed E-state index contributed by atoms with van der Waals surface area (Å²) in [6, 6.07) is 21.6. The quantitative estimate of drug-likeness (QED) is 0.322. The van der Waals surface area contributed by atoms with Gasteiger partial charge in [-0.3, -0.25) is 18.7 Å². The Kier molecular flexibility index (Phi) is 9.57. The average Bonchev–Trinajstić information content (AvgIpc) is 3.51. The first-order valence-electron chi connectivity index (χ1n) is 13.6. The van der Waals surface area contributed by atoms with Crippen molar-refractivity contribution in [2.24, 2.45) is 0 Å². The highest BCUT2D eigenvalue weighted by Crippen LogP contribution is 2.22. The molecule has 1 heterocycles. The van der Waals surface area contributed by atoms with Crippen LogP contribution in [0.5, 0.6) is 0 Å². The minimum Gasteiger partial charge on any atom is -0.346 e. The largest absolute Gasteiger partial charge is 0.346 e. The van der Waals surface area contributed by atoms with E-state index >= 15 is 0 Å². The first-order valence-corrected chi connectivity index (χ1v) is 15.4. The molecule has 0 radical (unpaired) electrons. The van der Waals surface area contributed by atoms with Crippen molar-refractivity contribution in [2.45, 2.75) is 44.3 Å². The number of carbonyl (C=O) groups is 3. The number of anilines is 1. The van der Waals surface area contributed by atoms with Crippen LogP contribution in [0.15, 0.2) is 78.9 Å². The fraction of sp³-hybridized carbons (Fsp3) is 0.323. The highest BCUT2D eigenvalue weighted by Gasteiger charge is 2.31. The predicted octanol–water partition coefficient (Wildman–Crippen LogP) is 3.24. The maximum Gasteiger partial charge on any atom is 0.251 e. The van der Waals surface area contributed by atoms with E-state index in [-0.39, 0.29) is 34.7 Å². The molecule has 9 nitrogen and oxygen atoms in total. The van der Waals surface area contributed by atoms with Crippen LogP contribution in [0.4, 0.5) is 5.69 Å². The zero-order valence-corrected chi connectivity index (χ0v) is 24.3. The number of nitrogens with zero attached hydrogens (tertiary/aromatic N) is 1. The molecule has 3 aromatic rings. The van der Waals surface area contributed by atoms with Gasteiger partial charge in [0.05, 0.1) is 30.1 Å². The van der Waals surface area contributed by atoms with Crippen LogP contribution in [0.3, 0.4) is 0 Å². The molecule has 10 heteroatoms. The highest BCUT2D eigenvalue weighted by atomic mass is 32.2. The molecule has 0 aliphatic carbocycles. The molecule has 1 fully saturated rings. The minimum absolute atomic E-state index is 0.0701. The van der Waals surface area contributed by atoms with Crippen LogP contribution in [0.2, 0.25) is 0 Å². The lowest BCUT2D eigenvalue weighted by atomic mass is 9.96. The first-order chi connectivity index (χ1) is 19.5. The molecule has 216 valence electrons. The van der Waals surface area contributed by atoms with E-state index in [0.29, 0.717) is 12.8 Å². The summed E-state index contributed by atoms with van der Waals surface area (Å²) in [6.07, 6.45) is 2.91. The molecule has 0 spiro atoms. The van der Waals surface area contributed by atoms with Crippen LogP contribution in [-0.2, 0) is 21.2 Å². The minimum atomic E-state index is -3.69. The standard InChI is InChI=1S/C31H36N4O5S/c1-21(23-13-8-5-9-14-23)33-30(37)24-18-25(20-26(19-24)35(2)41(3,39)40)31(38)34-28(17-22-11-6-4-7-12-22)29(36)27-15-10-16-32-27/h4-9,11-14,18-21,27-28,32H,10,15-17H2,1-3H3,(H,33,37)(H,34,38)/t21-,27?,28+/m1/s1. The Balaban J connectivity index is 1.64. The van der Waals surface area contributed by atoms with Gasteiger partial charge in [-0.25, -0.2) is 8.42 Å². The van der Waals surface area contributed by atoms with Gasteiger partial charge in [0, 0.05) is 18.2 Å². The van der Waals surface area contributed by atoms with E-state index in [0.717, 1.165) is 34.7 Å². The Morgan fingerprint density at radius 1 is 0.927 bits per heavy atom. The van der Waals surface area contributed by atoms with E-state index in [1.54, 1.807) is 0 Å². The summed E-state index contributed by atoms with van der Waals surface area (Å²) in [6.45, 7) is 2.58. The van der Waals surface area contributed by atoms with Crippen LogP contribution in [-0.4, -0.2) is 57.9 Å². The predicted molar refractivity (Wildman–Crippen MR) is 159 cm³/mol. The molecule has 1 aliphatic heterocycles. The fourth-order valence-corrected chi connectivity index (χ4v) is 5.32. The summed E-state index contributed by atoms with van der Waals surface area (Å²) < 4.78 is 25.7. The van der Waals surface area contributed by atoms with Crippen molar-refractivity contribution >= 4 is 33.3 Å². The number of carbonyl (C=O) groups excluding carboxylic acids is 3. The van der Waals surface area contributed by atoms with Crippen molar-refractivity contribution in [1.82, 2.24) is 16.0 Å². The van der Waals surface area contributed by atoms with Gasteiger partial charge < -0.3 is 16.0 Å². The summed E-state index contributed by atoms with van der Waals surface area (Å²) in [4.78, 5) is 40.3. The normalized spacial score (nSPS) is 16.4. The number of ketones is 1. The molecule has 3 N–H and O–H groups in total. The Morgan fingerprint density at radius 3 is 2.07 bits per heavy atom. The average molecular weight is 577 g/mol. The van der Waals surface area contributed by atoms with Crippen molar-refractivity contribution in [3.05, 3.63) is 101 Å². The van der Waals surface area contributed by atoms with E-state index in [9.17, 15) is 22.8 Å². The molecular formula is C31H36N4O5S. The van der Waals surface area contributed by atoms with Gasteiger partial charge in [-0.05, 0) is 62.1 Å². The Bertz CT molecular complexity index is 1490. The van der Waals surface area contributed by atoms with Crippen molar-refractivity contribution < 1.29 is 22.8 Å². The maximum absolute atomic E-state index is 13.6. The number of Topliss-reactive ketones (excluding diaryl/α,β-unsaturated/α-hetero) is 1. The van der Waals surface area contributed by atoms with Gasteiger partial charge in [-0.15, -0.1) is 0 Å². The lowest BCUT2D eigenvalue weighted by Gasteiger charge is -2.23. The van der Waals surface area contributed by atoms with Crippen molar-refractivity contribution in [3.8, 4) is 0 Å². The maximum atomic E-state index is 13.6. The van der Waals surface area contributed by atoms with Crippen LogP contribution >= 0.6 is 0 Å². The van der Waals surface area contributed by atoms with Crippen molar-refractivity contribution in [2.75, 3.05) is 24.2 Å². The van der Waals surface area contributed by atoms with E-state index in [1.165, 1.54) is 25.2 Å². The monoisotopic (exact) mass is 576 g/mol.